The van der Waals surface area contributed by atoms with Gasteiger partial charge in [-0.15, -0.1) is 11.3 Å². The molecule has 2 aliphatic heterocycles. The number of halogens is 6. The van der Waals surface area contributed by atoms with Gasteiger partial charge in [-0.05, 0) is 71.8 Å². The van der Waals surface area contributed by atoms with Crippen LogP contribution in [0.25, 0.3) is 55.7 Å². The standard InChI is InChI=1S/C35H29N3S.2CHF3O3S/c1-22-23(2)27-17-20-37-19-16-24-8-3-4-10-28(24)35(37)34(27)33-26(22)18-21-38-25(9-7-12-30(33)38)14-15-32-36-29-11-5-6-13-31(29)39-32;2*2-1(3,4)8(5,6)7/h3-16,19H,17-18,20-21H2,1-2H3;2*(H,5,6,7)/q+2;;/p-2/b15-14+;;. The number of nitrogens with zero attached hydrogens (tertiary/aromatic N) is 3. The molecule has 0 N–H and O–H groups in total. The van der Waals surface area contributed by atoms with Crippen LogP contribution < -0.4 is 9.13 Å². The summed E-state index contributed by atoms with van der Waals surface area (Å²) in [6.07, 6.45) is 8.83. The summed E-state index contributed by atoms with van der Waals surface area (Å²) in [4.78, 5) is 4.83. The van der Waals surface area contributed by atoms with Crippen molar-refractivity contribution in [3.05, 3.63) is 112 Å². The van der Waals surface area contributed by atoms with Gasteiger partial charge < -0.3 is 9.11 Å². The summed E-state index contributed by atoms with van der Waals surface area (Å²) in [7, 11) is -12.2. The first-order valence-electron chi connectivity index (χ1n) is 16.3. The van der Waals surface area contributed by atoms with Crippen LogP contribution in [0.5, 0.6) is 0 Å². The van der Waals surface area contributed by atoms with E-state index < -0.39 is 31.3 Å². The highest BCUT2D eigenvalue weighted by Gasteiger charge is 2.39. The number of rotatable bonds is 2. The van der Waals surface area contributed by atoms with Crippen molar-refractivity contribution in [3.8, 4) is 22.5 Å². The summed E-state index contributed by atoms with van der Waals surface area (Å²) in [6.45, 7) is 6.69. The molecule has 0 bridgehead atoms. The van der Waals surface area contributed by atoms with Crippen LogP contribution in [0.15, 0.2) is 79.0 Å². The number of para-hydroxylation sites is 1. The van der Waals surface area contributed by atoms with Crippen LogP contribution in [0.2, 0.25) is 0 Å². The van der Waals surface area contributed by atoms with Gasteiger partial charge in [0.2, 0.25) is 17.1 Å². The predicted molar refractivity (Wildman–Crippen MR) is 192 cm³/mol. The van der Waals surface area contributed by atoms with Crippen LogP contribution in [0.1, 0.15) is 33.0 Å². The van der Waals surface area contributed by atoms with Gasteiger partial charge >= 0.3 is 11.0 Å². The second-order valence-corrected chi connectivity index (χ2v) is 16.3. The van der Waals surface area contributed by atoms with Crippen molar-refractivity contribution >= 4 is 64.7 Å². The molecule has 0 unspecified atom stereocenters. The quantitative estimate of drug-likeness (QED) is 0.0771. The van der Waals surface area contributed by atoms with E-state index >= 15 is 0 Å². The Morgan fingerprint density at radius 3 is 1.95 bits per heavy atom. The lowest BCUT2D eigenvalue weighted by molar-refractivity contribution is -0.690. The fourth-order valence-electron chi connectivity index (χ4n) is 6.76. The van der Waals surface area contributed by atoms with Gasteiger partial charge in [-0.2, -0.15) is 35.5 Å². The lowest BCUT2D eigenvalue weighted by Gasteiger charge is -2.27. The van der Waals surface area contributed by atoms with E-state index in [1.165, 1.54) is 65.9 Å². The van der Waals surface area contributed by atoms with Gasteiger partial charge in [0, 0.05) is 37.1 Å². The van der Waals surface area contributed by atoms with E-state index in [1.54, 1.807) is 11.3 Å². The smallest absolute Gasteiger partial charge is 0.485 e. The number of hydrogen-bond donors (Lipinski definition) is 0. The minimum atomic E-state index is -6.09. The van der Waals surface area contributed by atoms with Crippen LogP contribution in [0.3, 0.4) is 0 Å². The molecular weight excluding hydrogens is 793 g/mol. The first-order valence-corrected chi connectivity index (χ1v) is 20.0. The van der Waals surface area contributed by atoms with E-state index in [0.29, 0.717) is 0 Å². The highest BCUT2D eigenvalue weighted by molar-refractivity contribution is 7.86. The fraction of sp³-hybridized carbons (Fsp3) is 0.216. The molecular formula is C37H29F6N3O6S3. The maximum absolute atomic E-state index is 10.7. The minimum absolute atomic E-state index is 0.983. The van der Waals surface area contributed by atoms with Crippen LogP contribution >= 0.6 is 11.3 Å². The predicted octanol–water partition coefficient (Wildman–Crippen LogP) is 7.36. The number of aryl methyl sites for hydroxylation is 1. The molecule has 3 aromatic heterocycles. The zero-order valence-corrected chi connectivity index (χ0v) is 31.2. The maximum Gasteiger partial charge on any atom is 0.485 e. The summed E-state index contributed by atoms with van der Waals surface area (Å²) in [5.74, 6) is 0. The zero-order valence-electron chi connectivity index (χ0n) is 28.8. The van der Waals surface area contributed by atoms with Gasteiger partial charge in [0.1, 0.15) is 5.01 Å². The Morgan fingerprint density at radius 2 is 1.31 bits per heavy atom. The molecule has 55 heavy (non-hydrogen) atoms. The van der Waals surface area contributed by atoms with Crippen LogP contribution in [-0.4, -0.2) is 41.9 Å². The van der Waals surface area contributed by atoms with Crippen LogP contribution in [0.4, 0.5) is 26.3 Å². The molecule has 18 heteroatoms. The third-order valence-corrected chi connectivity index (χ3v) is 11.5. The lowest BCUT2D eigenvalue weighted by atomic mass is 9.79. The normalized spacial score (nSPS) is 13.9. The van der Waals surface area contributed by atoms with Crippen molar-refractivity contribution in [1.29, 1.82) is 0 Å². The zero-order chi connectivity index (χ0) is 40.1. The Morgan fingerprint density at radius 1 is 0.727 bits per heavy atom. The van der Waals surface area contributed by atoms with Gasteiger partial charge in [-0.3, -0.25) is 0 Å². The molecule has 3 aromatic carbocycles. The number of benzene rings is 3. The second kappa shape index (κ2) is 14.7. The minimum Gasteiger partial charge on any atom is -0.741 e. The molecule has 288 valence electrons. The van der Waals surface area contributed by atoms with Crippen molar-refractivity contribution in [2.24, 2.45) is 0 Å². The molecule has 9 nitrogen and oxygen atoms in total. The first kappa shape index (κ1) is 39.9. The van der Waals surface area contributed by atoms with Gasteiger partial charge in [0.25, 0.3) is 0 Å². The maximum atomic E-state index is 10.7. The highest BCUT2D eigenvalue weighted by Crippen LogP contribution is 2.44. The molecule has 0 saturated carbocycles. The van der Waals surface area contributed by atoms with Crippen molar-refractivity contribution in [2.45, 2.75) is 50.8 Å². The van der Waals surface area contributed by atoms with Crippen molar-refractivity contribution in [1.82, 2.24) is 4.98 Å². The average Bonchev–Trinajstić information content (AvgIpc) is 3.54. The average molecular weight is 822 g/mol. The number of pyridine rings is 2. The molecule has 0 saturated heterocycles. The molecule has 0 fully saturated rings. The van der Waals surface area contributed by atoms with E-state index in [4.69, 9.17) is 30.9 Å². The summed E-state index contributed by atoms with van der Waals surface area (Å²) in [6, 6.07) is 26.3. The van der Waals surface area contributed by atoms with Crippen LogP contribution in [-0.2, 0) is 46.2 Å². The largest absolute Gasteiger partial charge is 0.741 e. The molecule has 2 aliphatic rings. The second-order valence-electron chi connectivity index (χ2n) is 12.5. The van der Waals surface area contributed by atoms with E-state index in [9.17, 15) is 26.3 Å². The SMILES string of the molecule is Cc1c(C)c2c(c3c1CC[n+]1ccc4ccccc4c1-3)-c1cccc(/C=C/c3nc4ccccc4s3)[n+]1CC2.O=S(=O)([O-])C(F)(F)F.O=S(=O)([O-])C(F)(F)F. The topological polar surface area (TPSA) is 135 Å². The summed E-state index contributed by atoms with van der Waals surface area (Å²) in [5.41, 5.74) is 2.55. The Balaban J connectivity index is 0.000000272. The van der Waals surface area contributed by atoms with E-state index in [-0.39, 0.29) is 0 Å². The third-order valence-electron chi connectivity index (χ3n) is 9.34. The molecule has 8 rings (SSSR count). The Kier molecular flexibility index (Phi) is 10.7. The van der Waals surface area contributed by atoms with E-state index in [2.05, 4.69) is 114 Å². The molecule has 0 radical (unpaired) electrons. The summed E-state index contributed by atoms with van der Waals surface area (Å²) in [5, 5.41) is 3.70. The molecule has 0 spiro atoms. The van der Waals surface area contributed by atoms with Crippen molar-refractivity contribution in [2.75, 3.05) is 0 Å². The number of aromatic nitrogens is 3. The van der Waals surface area contributed by atoms with Gasteiger partial charge in [-0.25, -0.2) is 21.8 Å². The number of alkyl halides is 6. The highest BCUT2D eigenvalue weighted by atomic mass is 32.2. The van der Waals surface area contributed by atoms with Crippen molar-refractivity contribution in [3.63, 3.8) is 0 Å². The molecule has 6 aromatic rings. The monoisotopic (exact) mass is 821 g/mol. The lowest BCUT2D eigenvalue weighted by Crippen LogP contribution is -2.45. The van der Waals surface area contributed by atoms with Crippen molar-refractivity contribution < 1.29 is 61.4 Å². The van der Waals surface area contributed by atoms with E-state index in [1.807, 2.05) is 0 Å². The number of thiazole rings is 1. The Hall–Kier alpha value is -4.75. The van der Waals surface area contributed by atoms with Gasteiger partial charge in [-0.1, -0.05) is 30.3 Å². The Labute approximate surface area is 315 Å². The van der Waals surface area contributed by atoms with Crippen LogP contribution in [0, 0.1) is 13.8 Å². The van der Waals surface area contributed by atoms with Gasteiger partial charge in [0.05, 0.1) is 26.7 Å². The Bertz CT molecular complexity index is 2650. The molecule has 5 heterocycles. The number of hydrogen-bond acceptors (Lipinski definition) is 8. The summed E-state index contributed by atoms with van der Waals surface area (Å²) >= 11 is 1.75. The molecule has 0 atom stereocenters. The van der Waals surface area contributed by atoms with Gasteiger partial charge in [0.15, 0.2) is 39.5 Å². The first-order chi connectivity index (χ1) is 25.7. The number of fused-ring (bicyclic) bond motifs is 10. The molecule has 0 aliphatic carbocycles. The van der Waals surface area contributed by atoms with E-state index in [0.717, 1.165) is 36.5 Å². The third kappa shape index (κ3) is 8.00. The summed E-state index contributed by atoms with van der Waals surface area (Å²) < 4.78 is 124. The molecule has 0 amide bonds. The fourth-order valence-corrected chi connectivity index (χ4v) is 7.63.